The molecule has 1 unspecified atom stereocenters. The number of nitrogens with zero attached hydrogens (tertiary/aromatic N) is 2. The third-order valence-electron chi connectivity index (χ3n) is 15.2. The molecule has 0 radical (unpaired) electrons. The van der Waals surface area contributed by atoms with Gasteiger partial charge in [0.15, 0.2) is 0 Å². The largest absolute Gasteiger partial charge is 0.310 e. The van der Waals surface area contributed by atoms with Crippen LogP contribution in [0.15, 0.2) is 231 Å². The molecule has 0 N–H and O–H groups in total. The summed E-state index contributed by atoms with van der Waals surface area (Å²) in [5.41, 5.74) is 24.5. The van der Waals surface area contributed by atoms with E-state index < -0.39 is 5.41 Å². The van der Waals surface area contributed by atoms with Crippen molar-refractivity contribution in [3.63, 3.8) is 0 Å². The Labute approximate surface area is 385 Å². The zero-order valence-corrected chi connectivity index (χ0v) is 36.8. The highest BCUT2D eigenvalue weighted by Gasteiger charge is 2.51. The molecule has 0 fully saturated rings. The fourth-order valence-corrected chi connectivity index (χ4v) is 12.4. The number of para-hydroxylation sites is 4. The lowest BCUT2D eigenvalue weighted by Gasteiger charge is -2.39. The van der Waals surface area contributed by atoms with Crippen molar-refractivity contribution in [3.8, 4) is 50.2 Å². The summed E-state index contributed by atoms with van der Waals surface area (Å²) in [7, 11) is 0. The van der Waals surface area contributed by atoms with E-state index in [0.717, 1.165) is 17.1 Å². The van der Waals surface area contributed by atoms with Crippen LogP contribution in [0.4, 0.5) is 17.1 Å². The molecule has 2 aliphatic carbocycles. The third kappa shape index (κ3) is 4.91. The first-order chi connectivity index (χ1) is 32.5. The molecule has 1 aromatic heterocycles. The summed E-state index contributed by atoms with van der Waals surface area (Å²) in [6.07, 6.45) is 0. The average molecular weight is 841 g/mol. The van der Waals surface area contributed by atoms with Crippen LogP contribution in [0.25, 0.3) is 72.0 Å². The summed E-state index contributed by atoms with van der Waals surface area (Å²) in [5.74, 6) is 0. The van der Waals surface area contributed by atoms with Crippen LogP contribution in [0.3, 0.4) is 0 Å². The fraction of sp³-hybridized carbons (Fsp3) is 0.0625. The maximum Gasteiger partial charge on any atom is 0.0754 e. The van der Waals surface area contributed by atoms with Gasteiger partial charge in [-0.05, 0) is 121 Å². The molecule has 1 atom stereocenters. The first kappa shape index (κ1) is 37.2. The minimum Gasteiger partial charge on any atom is -0.310 e. The van der Waals surface area contributed by atoms with E-state index in [1.165, 1.54) is 105 Å². The molecule has 2 heterocycles. The van der Waals surface area contributed by atoms with E-state index in [1.807, 2.05) is 0 Å². The fourth-order valence-electron chi connectivity index (χ4n) is 12.4. The Morgan fingerprint density at radius 1 is 0.348 bits per heavy atom. The second kappa shape index (κ2) is 13.7. The Kier molecular flexibility index (Phi) is 7.70. The summed E-state index contributed by atoms with van der Waals surface area (Å²) in [5, 5.41) is 2.58. The third-order valence-corrected chi connectivity index (χ3v) is 15.2. The standard InChI is InChI=1S/C64H44N2/c1-63(2)53-27-10-6-23-47(53)49-36-35-45(40-58(49)63)65(44-21-16-20-42(38-44)41-18-4-3-5-19-41)59-31-13-8-22-46(59)43-34-37-55-52(39-43)48-24-7-11-28-54(48)64(55)56-29-12-15-33-61(56)66-60-32-14-9-25-50(60)51-26-17-30-57(64)62(51)66/h3-40H,1-2H3. The van der Waals surface area contributed by atoms with Crippen molar-refractivity contribution < 1.29 is 0 Å². The highest BCUT2D eigenvalue weighted by atomic mass is 15.1. The van der Waals surface area contributed by atoms with Gasteiger partial charge in [-0.1, -0.05) is 196 Å². The molecule has 3 aliphatic rings. The van der Waals surface area contributed by atoms with Crippen molar-refractivity contribution in [1.82, 2.24) is 4.57 Å². The van der Waals surface area contributed by atoms with E-state index in [-0.39, 0.29) is 5.41 Å². The lowest BCUT2D eigenvalue weighted by Crippen LogP contribution is -2.33. The lowest BCUT2D eigenvalue weighted by atomic mass is 9.65. The van der Waals surface area contributed by atoms with Crippen molar-refractivity contribution in [2.24, 2.45) is 0 Å². The summed E-state index contributed by atoms with van der Waals surface area (Å²) < 4.78 is 2.52. The second-order valence-electron chi connectivity index (χ2n) is 18.8. The topological polar surface area (TPSA) is 8.17 Å². The van der Waals surface area contributed by atoms with Gasteiger partial charge in [-0.15, -0.1) is 0 Å². The predicted molar refractivity (Wildman–Crippen MR) is 275 cm³/mol. The van der Waals surface area contributed by atoms with E-state index in [9.17, 15) is 0 Å². The van der Waals surface area contributed by atoms with Crippen molar-refractivity contribution in [1.29, 1.82) is 0 Å². The summed E-state index contributed by atoms with van der Waals surface area (Å²) >= 11 is 0. The molecule has 66 heavy (non-hydrogen) atoms. The number of rotatable bonds is 5. The van der Waals surface area contributed by atoms with Gasteiger partial charge in [-0.25, -0.2) is 0 Å². The Hall–Kier alpha value is -8.20. The van der Waals surface area contributed by atoms with Crippen LogP contribution in [-0.4, -0.2) is 4.57 Å². The van der Waals surface area contributed by atoms with Gasteiger partial charge < -0.3 is 9.47 Å². The number of fused-ring (bicyclic) bond motifs is 15. The number of anilines is 3. The highest BCUT2D eigenvalue weighted by molar-refractivity contribution is 6.13. The van der Waals surface area contributed by atoms with Crippen molar-refractivity contribution >= 4 is 38.9 Å². The molecule has 0 saturated carbocycles. The zero-order chi connectivity index (χ0) is 43.7. The first-order valence-electron chi connectivity index (χ1n) is 23.2. The molecule has 0 bridgehead atoms. The molecular weight excluding hydrogens is 797 g/mol. The van der Waals surface area contributed by atoms with Gasteiger partial charge in [0.1, 0.15) is 0 Å². The van der Waals surface area contributed by atoms with Crippen LogP contribution in [0.2, 0.25) is 0 Å². The monoisotopic (exact) mass is 840 g/mol. The molecule has 1 spiro atoms. The van der Waals surface area contributed by atoms with Gasteiger partial charge in [-0.3, -0.25) is 0 Å². The molecule has 11 aromatic rings. The lowest BCUT2D eigenvalue weighted by molar-refractivity contribution is 0.660. The number of hydrogen-bond donors (Lipinski definition) is 0. The Morgan fingerprint density at radius 2 is 0.955 bits per heavy atom. The van der Waals surface area contributed by atoms with Gasteiger partial charge >= 0.3 is 0 Å². The van der Waals surface area contributed by atoms with Gasteiger partial charge in [-0.2, -0.15) is 0 Å². The number of hydrogen-bond acceptors (Lipinski definition) is 1. The Morgan fingerprint density at radius 3 is 1.82 bits per heavy atom. The van der Waals surface area contributed by atoms with Crippen LogP contribution < -0.4 is 4.90 Å². The van der Waals surface area contributed by atoms with E-state index in [0.29, 0.717) is 0 Å². The SMILES string of the molecule is CC1(C)c2ccccc2-c2ccc(N(c3cccc(-c4ccccc4)c3)c3ccccc3-c3ccc4c(c3)-c3ccccc3C43c4ccccc4-n4c5ccccc5c5cccc3c54)cc21. The van der Waals surface area contributed by atoms with Crippen molar-refractivity contribution in [3.05, 3.63) is 264 Å². The Balaban J connectivity index is 0.994. The van der Waals surface area contributed by atoms with Gasteiger partial charge in [0, 0.05) is 33.1 Å². The molecule has 14 rings (SSSR count). The smallest absolute Gasteiger partial charge is 0.0754 e. The minimum atomic E-state index is -0.497. The summed E-state index contributed by atoms with van der Waals surface area (Å²) in [4.78, 5) is 2.49. The quantitative estimate of drug-likeness (QED) is 0.168. The normalized spacial score (nSPS) is 15.6. The van der Waals surface area contributed by atoms with Crippen LogP contribution in [0, 0.1) is 0 Å². The first-order valence-corrected chi connectivity index (χ1v) is 23.2. The molecule has 310 valence electrons. The van der Waals surface area contributed by atoms with Gasteiger partial charge in [0.05, 0.1) is 27.8 Å². The average Bonchev–Trinajstić information content (AvgIpc) is 3.95. The second-order valence-corrected chi connectivity index (χ2v) is 18.8. The van der Waals surface area contributed by atoms with Crippen molar-refractivity contribution in [2.45, 2.75) is 24.7 Å². The van der Waals surface area contributed by atoms with E-state index in [4.69, 9.17) is 0 Å². The molecule has 0 saturated heterocycles. The molecule has 2 nitrogen and oxygen atoms in total. The molecule has 2 heteroatoms. The summed E-state index contributed by atoms with van der Waals surface area (Å²) in [6.45, 7) is 4.74. The van der Waals surface area contributed by atoms with Crippen LogP contribution in [0.1, 0.15) is 47.2 Å². The Bertz CT molecular complexity index is 3810. The van der Waals surface area contributed by atoms with Gasteiger partial charge in [0.25, 0.3) is 0 Å². The van der Waals surface area contributed by atoms with Crippen LogP contribution in [0.5, 0.6) is 0 Å². The van der Waals surface area contributed by atoms with Crippen molar-refractivity contribution in [2.75, 3.05) is 4.90 Å². The van der Waals surface area contributed by atoms with E-state index in [2.05, 4.69) is 254 Å². The number of benzene rings is 10. The zero-order valence-electron chi connectivity index (χ0n) is 36.8. The summed E-state index contributed by atoms with van der Waals surface area (Å²) in [6, 6.07) is 86.3. The van der Waals surface area contributed by atoms with Gasteiger partial charge in [0.2, 0.25) is 0 Å². The maximum atomic E-state index is 2.52. The molecule has 10 aromatic carbocycles. The van der Waals surface area contributed by atoms with Crippen LogP contribution >= 0.6 is 0 Å². The maximum absolute atomic E-state index is 2.52. The molecular formula is C64H44N2. The van der Waals surface area contributed by atoms with E-state index >= 15 is 0 Å². The van der Waals surface area contributed by atoms with Crippen LogP contribution in [-0.2, 0) is 10.8 Å². The minimum absolute atomic E-state index is 0.140. The number of aromatic nitrogens is 1. The highest BCUT2D eigenvalue weighted by Crippen LogP contribution is 2.62. The predicted octanol–water partition coefficient (Wildman–Crippen LogP) is 16.6. The molecule has 0 amide bonds. The molecule has 1 aliphatic heterocycles. The van der Waals surface area contributed by atoms with E-state index in [1.54, 1.807) is 0 Å².